The maximum atomic E-state index is 10.7. The van der Waals surface area contributed by atoms with Gasteiger partial charge in [-0.1, -0.05) is 0 Å². The number of aromatic carboxylic acids is 1. The SMILES string of the molecule is Nc1c(Cc2ccco2)c[nH]c1C(=O)O. The van der Waals surface area contributed by atoms with Gasteiger partial charge in [-0.25, -0.2) is 4.79 Å². The third-order valence-electron chi connectivity index (χ3n) is 2.16. The Morgan fingerprint density at radius 3 is 2.93 bits per heavy atom. The van der Waals surface area contributed by atoms with Gasteiger partial charge in [-0.05, 0) is 12.1 Å². The topological polar surface area (TPSA) is 92.2 Å². The molecule has 0 bridgehead atoms. The zero-order valence-corrected chi connectivity index (χ0v) is 7.86. The molecule has 15 heavy (non-hydrogen) atoms. The highest BCUT2D eigenvalue weighted by atomic mass is 16.4. The molecule has 2 rings (SSSR count). The van der Waals surface area contributed by atoms with Crippen LogP contribution in [-0.4, -0.2) is 16.1 Å². The van der Waals surface area contributed by atoms with E-state index < -0.39 is 5.97 Å². The molecule has 78 valence electrons. The summed E-state index contributed by atoms with van der Waals surface area (Å²) in [4.78, 5) is 13.3. The lowest BCUT2D eigenvalue weighted by Gasteiger charge is -1.97. The summed E-state index contributed by atoms with van der Waals surface area (Å²) in [7, 11) is 0. The van der Waals surface area contributed by atoms with Crippen LogP contribution < -0.4 is 5.73 Å². The number of aromatic amines is 1. The van der Waals surface area contributed by atoms with Gasteiger partial charge in [0.1, 0.15) is 11.5 Å². The lowest BCUT2D eigenvalue weighted by atomic mass is 10.1. The fourth-order valence-electron chi connectivity index (χ4n) is 1.40. The fourth-order valence-corrected chi connectivity index (χ4v) is 1.40. The standard InChI is InChI=1S/C10H10N2O3/c11-8-6(4-7-2-1-3-15-7)5-12-9(8)10(13)14/h1-3,5,12H,4,11H2,(H,13,14). The van der Waals surface area contributed by atoms with E-state index in [0.717, 1.165) is 11.3 Å². The minimum Gasteiger partial charge on any atom is -0.477 e. The lowest BCUT2D eigenvalue weighted by Crippen LogP contribution is -2.02. The number of furan rings is 1. The molecule has 5 nitrogen and oxygen atoms in total. The van der Waals surface area contributed by atoms with Crippen LogP contribution in [0.15, 0.2) is 29.0 Å². The Kier molecular flexibility index (Phi) is 2.21. The van der Waals surface area contributed by atoms with E-state index in [9.17, 15) is 4.79 Å². The first kappa shape index (κ1) is 9.39. The van der Waals surface area contributed by atoms with E-state index in [1.54, 1.807) is 18.5 Å². The van der Waals surface area contributed by atoms with Crippen molar-refractivity contribution in [2.24, 2.45) is 0 Å². The maximum Gasteiger partial charge on any atom is 0.354 e. The van der Waals surface area contributed by atoms with Crippen molar-refractivity contribution < 1.29 is 14.3 Å². The van der Waals surface area contributed by atoms with Crippen molar-refractivity contribution in [1.82, 2.24) is 4.98 Å². The molecule has 0 saturated heterocycles. The van der Waals surface area contributed by atoms with E-state index in [-0.39, 0.29) is 11.4 Å². The Labute approximate surface area is 85.5 Å². The van der Waals surface area contributed by atoms with Crippen molar-refractivity contribution in [1.29, 1.82) is 0 Å². The highest BCUT2D eigenvalue weighted by Crippen LogP contribution is 2.20. The second-order valence-electron chi connectivity index (χ2n) is 3.16. The number of carboxylic acids is 1. The van der Waals surface area contributed by atoms with Crippen LogP contribution in [0.5, 0.6) is 0 Å². The molecule has 2 heterocycles. The third-order valence-corrected chi connectivity index (χ3v) is 2.16. The number of rotatable bonds is 3. The van der Waals surface area contributed by atoms with Gasteiger partial charge in [0.05, 0.1) is 12.0 Å². The second-order valence-corrected chi connectivity index (χ2v) is 3.16. The number of hydrogen-bond donors (Lipinski definition) is 3. The van der Waals surface area contributed by atoms with Gasteiger partial charge < -0.3 is 20.2 Å². The minimum absolute atomic E-state index is 0.0246. The summed E-state index contributed by atoms with van der Waals surface area (Å²) in [6.45, 7) is 0. The molecular formula is C10H10N2O3. The smallest absolute Gasteiger partial charge is 0.354 e. The van der Waals surface area contributed by atoms with Gasteiger partial charge in [0.15, 0.2) is 0 Å². The highest BCUT2D eigenvalue weighted by Gasteiger charge is 2.14. The number of hydrogen-bond acceptors (Lipinski definition) is 3. The summed E-state index contributed by atoms with van der Waals surface area (Å²) < 4.78 is 5.15. The number of nitrogen functional groups attached to an aromatic ring is 1. The summed E-state index contributed by atoms with van der Waals surface area (Å²) in [5.74, 6) is -0.309. The molecule has 2 aromatic rings. The number of carboxylic acid groups (broad SMARTS) is 1. The molecule has 0 radical (unpaired) electrons. The number of carbonyl (C=O) groups is 1. The van der Waals surface area contributed by atoms with Crippen LogP contribution in [0.4, 0.5) is 5.69 Å². The van der Waals surface area contributed by atoms with Crippen LogP contribution in [0.3, 0.4) is 0 Å². The maximum absolute atomic E-state index is 10.7. The number of aromatic nitrogens is 1. The first-order valence-electron chi connectivity index (χ1n) is 4.40. The molecule has 0 fully saturated rings. The monoisotopic (exact) mass is 206 g/mol. The van der Waals surface area contributed by atoms with E-state index in [1.165, 1.54) is 0 Å². The van der Waals surface area contributed by atoms with Gasteiger partial charge in [-0.15, -0.1) is 0 Å². The van der Waals surface area contributed by atoms with Gasteiger partial charge in [0, 0.05) is 18.2 Å². The van der Waals surface area contributed by atoms with Crippen LogP contribution in [0.1, 0.15) is 21.8 Å². The van der Waals surface area contributed by atoms with E-state index in [4.69, 9.17) is 15.3 Å². The van der Waals surface area contributed by atoms with E-state index in [1.807, 2.05) is 6.07 Å². The van der Waals surface area contributed by atoms with Crippen LogP contribution in [0.25, 0.3) is 0 Å². The molecular weight excluding hydrogens is 196 g/mol. The van der Waals surface area contributed by atoms with Crippen molar-refractivity contribution in [3.8, 4) is 0 Å². The van der Waals surface area contributed by atoms with Gasteiger partial charge in [-0.3, -0.25) is 0 Å². The average Bonchev–Trinajstić information content (AvgIpc) is 2.78. The summed E-state index contributed by atoms with van der Waals surface area (Å²) >= 11 is 0. The Morgan fingerprint density at radius 2 is 2.40 bits per heavy atom. The first-order valence-corrected chi connectivity index (χ1v) is 4.40. The molecule has 0 aliphatic carbocycles. The Morgan fingerprint density at radius 1 is 1.60 bits per heavy atom. The number of nitrogens with one attached hydrogen (secondary N) is 1. The number of H-pyrrole nitrogens is 1. The Balaban J connectivity index is 2.27. The summed E-state index contributed by atoms with van der Waals surface area (Å²) in [6, 6.07) is 3.59. The van der Waals surface area contributed by atoms with E-state index >= 15 is 0 Å². The predicted octanol–water partition coefficient (Wildman–Crippen LogP) is 1.48. The van der Waals surface area contributed by atoms with Crippen LogP contribution >= 0.6 is 0 Å². The fraction of sp³-hybridized carbons (Fsp3) is 0.100. The summed E-state index contributed by atoms with van der Waals surface area (Å²) in [5.41, 5.74) is 6.68. The first-order chi connectivity index (χ1) is 7.18. The Bertz CT molecular complexity index is 471. The molecule has 0 unspecified atom stereocenters. The Hall–Kier alpha value is -2.17. The normalized spacial score (nSPS) is 10.4. The van der Waals surface area contributed by atoms with Gasteiger partial charge in [-0.2, -0.15) is 0 Å². The molecule has 0 saturated carbocycles. The number of anilines is 1. The molecule has 4 N–H and O–H groups in total. The predicted molar refractivity (Wildman–Crippen MR) is 53.7 cm³/mol. The van der Waals surface area contributed by atoms with Crippen molar-refractivity contribution >= 4 is 11.7 Å². The molecule has 0 spiro atoms. The molecule has 0 aliphatic heterocycles. The van der Waals surface area contributed by atoms with Crippen molar-refractivity contribution in [3.05, 3.63) is 41.6 Å². The largest absolute Gasteiger partial charge is 0.477 e. The van der Waals surface area contributed by atoms with E-state index in [2.05, 4.69) is 4.98 Å². The van der Waals surface area contributed by atoms with Crippen LogP contribution in [-0.2, 0) is 6.42 Å². The lowest BCUT2D eigenvalue weighted by molar-refractivity contribution is 0.0692. The summed E-state index contributed by atoms with van der Waals surface area (Å²) in [5, 5.41) is 8.77. The van der Waals surface area contributed by atoms with Crippen molar-refractivity contribution in [3.63, 3.8) is 0 Å². The molecule has 0 atom stereocenters. The van der Waals surface area contributed by atoms with Gasteiger partial charge in [0.25, 0.3) is 0 Å². The zero-order valence-electron chi connectivity index (χ0n) is 7.86. The minimum atomic E-state index is -1.06. The zero-order chi connectivity index (χ0) is 10.8. The highest BCUT2D eigenvalue weighted by molar-refractivity contribution is 5.92. The molecule has 5 heteroatoms. The quantitative estimate of drug-likeness (QED) is 0.709. The molecule has 0 aromatic carbocycles. The summed E-state index contributed by atoms with van der Waals surface area (Å²) in [6.07, 6.45) is 3.64. The number of nitrogens with two attached hydrogens (primary N) is 1. The average molecular weight is 206 g/mol. The third kappa shape index (κ3) is 1.71. The van der Waals surface area contributed by atoms with E-state index in [0.29, 0.717) is 6.42 Å². The van der Waals surface area contributed by atoms with Gasteiger partial charge in [0.2, 0.25) is 0 Å². The van der Waals surface area contributed by atoms with Crippen molar-refractivity contribution in [2.45, 2.75) is 6.42 Å². The molecule has 0 amide bonds. The molecule has 2 aromatic heterocycles. The second kappa shape index (κ2) is 3.53. The van der Waals surface area contributed by atoms with Crippen LogP contribution in [0.2, 0.25) is 0 Å². The molecule has 0 aliphatic rings. The van der Waals surface area contributed by atoms with Crippen molar-refractivity contribution in [2.75, 3.05) is 5.73 Å². The van der Waals surface area contributed by atoms with Crippen LogP contribution in [0, 0.1) is 0 Å². The van der Waals surface area contributed by atoms with Gasteiger partial charge >= 0.3 is 5.97 Å².